The van der Waals surface area contributed by atoms with Crippen LogP contribution < -0.4 is 5.32 Å². The highest BCUT2D eigenvalue weighted by Gasteiger charge is 2.39. The summed E-state index contributed by atoms with van der Waals surface area (Å²) in [5.41, 5.74) is 3.70. The Morgan fingerprint density at radius 1 is 0.967 bits per heavy atom. The van der Waals surface area contributed by atoms with Crippen molar-refractivity contribution < 1.29 is 4.79 Å². The van der Waals surface area contributed by atoms with E-state index < -0.39 is 0 Å². The van der Waals surface area contributed by atoms with E-state index in [4.69, 9.17) is 0 Å². The van der Waals surface area contributed by atoms with Crippen molar-refractivity contribution in [3.63, 3.8) is 0 Å². The zero-order valence-electron chi connectivity index (χ0n) is 18.6. The molecule has 2 aliphatic rings. The molecule has 2 aromatic carbocycles. The van der Waals surface area contributed by atoms with Crippen LogP contribution in [0.3, 0.4) is 0 Å². The van der Waals surface area contributed by atoms with Gasteiger partial charge in [0, 0.05) is 24.8 Å². The number of para-hydroxylation sites is 1. The van der Waals surface area contributed by atoms with Crippen LogP contribution in [0.15, 0.2) is 54.6 Å². The topological polar surface area (TPSA) is 35.6 Å². The van der Waals surface area contributed by atoms with Crippen molar-refractivity contribution >= 4 is 11.7 Å². The van der Waals surface area contributed by atoms with Gasteiger partial charge in [0.05, 0.1) is 6.04 Å². The number of carbonyl (C=O) groups is 1. The SMILES string of the molecule is CC(C)(C)c1ccc(CC2[C@@H]3CCCN3CCCN2C(=O)Nc2ccccc2)cc1. The normalized spacial score (nSPS) is 22.4. The lowest BCUT2D eigenvalue weighted by Crippen LogP contribution is -2.51. The Bertz CT molecular complexity index is 841. The molecular formula is C26H35N3O. The molecule has 0 saturated carbocycles. The molecule has 160 valence electrons. The third kappa shape index (κ3) is 4.70. The van der Waals surface area contributed by atoms with E-state index in [9.17, 15) is 4.79 Å². The first-order valence-electron chi connectivity index (χ1n) is 11.4. The highest BCUT2D eigenvalue weighted by atomic mass is 16.2. The number of hydrogen-bond acceptors (Lipinski definition) is 2. The molecule has 2 amide bonds. The third-order valence-electron chi connectivity index (χ3n) is 6.65. The Hall–Kier alpha value is -2.33. The molecule has 30 heavy (non-hydrogen) atoms. The molecule has 1 N–H and O–H groups in total. The molecule has 2 aliphatic heterocycles. The Kier molecular flexibility index (Phi) is 6.14. The fourth-order valence-electron chi connectivity index (χ4n) is 4.98. The van der Waals surface area contributed by atoms with E-state index in [1.807, 2.05) is 30.3 Å². The van der Waals surface area contributed by atoms with Gasteiger partial charge in [-0.3, -0.25) is 4.90 Å². The molecule has 2 heterocycles. The zero-order valence-corrected chi connectivity index (χ0v) is 18.6. The molecule has 4 nitrogen and oxygen atoms in total. The highest BCUT2D eigenvalue weighted by molar-refractivity contribution is 5.89. The molecule has 2 aromatic rings. The Morgan fingerprint density at radius 2 is 1.67 bits per heavy atom. The molecule has 2 fully saturated rings. The summed E-state index contributed by atoms with van der Waals surface area (Å²) in [4.78, 5) is 18.0. The van der Waals surface area contributed by atoms with Gasteiger partial charge in [-0.15, -0.1) is 0 Å². The predicted molar refractivity (Wildman–Crippen MR) is 124 cm³/mol. The van der Waals surface area contributed by atoms with Gasteiger partial charge in [0.1, 0.15) is 0 Å². The molecule has 0 spiro atoms. The predicted octanol–water partition coefficient (Wildman–Crippen LogP) is 5.30. The lowest BCUT2D eigenvalue weighted by atomic mass is 9.86. The van der Waals surface area contributed by atoms with E-state index in [0.29, 0.717) is 6.04 Å². The van der Waals surface area contributed by atoms with Crippen molar-refractivity contribution in [2.45, 2.75) is 64.0 Å². The number of anilines is 1. The van der Waals surface area contributed by atoms with E-state index in [2.05, 4.69) is 60.2 Å². The molecule has 0 aromatic heterocycles. The molecular weight excluding hydrogens is 370 g/mol. The van der Waals surface area contributed by atoms with Crippen LogP contribution >= 0.6 is 0 Å². The van der Waals surface area contributed by atoms with Crippen LogP contribution in [0.25, 0.3) is 0 Å². The number of rotatable bonds is 3. The zero-order chi connectivity index (χ0) is 21.1. The summed E-state index contributed by atoms with van der Waals surface area (Å²) in [6, 6.07) is 19.5. The summed E-state index contributed by atoms with van der Waals surface area (Å²) >= 11 is 0. The second kappa shape index (κ2) is 8.81. The molecule has 1 unspecified atom stereocenters. The minimum Gasteiger partial charge on any atom is -0.320 e. The molecule has 0 radical (unpaired) electrons. The van der Waals surface area contributed by atoms with Crippen LogP contribution in [0.5, 0.6) is 0 Å². The van der Waals surface area contributed by atoms with E-state index in [1.54, 1.807) is 0 Å². The summed E-state index contributed by atoms with van der Waals surface area (Å²) in [5, 5.41) is 3.13. The number of hydrogen-bond donors (Lipinski definition) is 1. The standard InChI is InChI=1S/C26H35N3O/c1-26(2,3)21-14-12-20(13-15-21)19-24-23-11-7-16-28(23)17-8-18-29(24)25(30)27-22-9-5-4-6-10-22/h4-6,9-10,12-15,23-24H,7-8,11,16-19H2,1-3H3,(H,27,30)/t23-,24?/m0/s1. The van der Waals surface area contributed by atoms with Crippen molar-refractivity contribution in [1.82, 2.24) is 9.80 Å². The fourth-order valence-corrected chi connectivity index (χ4v) is 4.98. The monoisotopic (exact) mass is 405 g/mol. The van der Waals surface area contributed by atoms with Crippen LogP contribution in [0.2, 0.25) is 0 Å². The minimum atomic E-state index is 0.0336. The number of nitrogens with one attached hydrogen (secondary N) is 1. The Balaban J connectivity index is 1.57. The van der Waals surface area contributed by atoms with Gasteiger partial charge in [0.2, 0.25) is 0 Å². The Labute approximate surface area is 181 Å². The van der Waals surface area contributed by atoms with Crippen molar-refractivity contribution in [3.05, 3.63) is 65.7 Å². The number of nitrogens with zero attached hydrogens (tertiary/aromatic N) is 2. The fraction of sp³-hybridized carbons (Fsp3) is 0.500. The second-order valence-corrected chi connectivity index (χ2v) is 9.81. The van der Waals surface area contributed by atoms with Gasteiger partial charge < -0.3 is 10.2 Å². The maximum Gasteiger partial charge on any atom is 0.322 e. The van der Waals surface area contributed by atoms with Crippen molar-refractivity contribution in [1.29, 1.82) is 0 Å². The number of amides is 2. The van der Waals surface area contributed by atoms with E-state index in [0.717, 1.165) is 38.2 Å². The van der Waals surface area contributed by atoms with Crippen molar-refractivity contribution in [2.75, 3.05) is 25.0 Å². The maximum atomic E-state index is 13.3. The third-order valence-corrected chi connectivity index (χ3v) is 6.65. The number of benzene rings is 2. The minimum absolute atomic E-state index is 0.0336. The molecule has 2 saturated heterocycles. The van der Waals surface area contributed by atoms with Gasteiger partial charge in [-0.05, 0) is 60.9 Å². The lowest BCUT2D eigenvalue weighted by molar-refractivity contribution is 0.153. The van der Waals surface area contributed by atoms with E-state index >= 15 is 0 Å². The highest BCUT2D eigenvalue weighted by Crippen LogP contribution is 2.30. The summed E-state index contributed by atoms with van der Waals surface area (Å²) in [6.07, 6.45) is 4.37. The van der Waals surface area contributed by atoms with Crippen molar-refractivity contribution in [3.8, 4) is 0 Å². The van der Waals surface area contributed by atoms with Gasteiger partial charge in [0.15, 0.2) is 0 Å². The van der Waals surface area contributed by atoms with Crippen LogP contribution in [-0.2, 0) is 11.8 Å². The lowest BCUT2D eigenvalue weighted by Gasteiger charge is -2.36. The second-order valence-electron chi connectivity index (χ2n) is 9.81. The van der Waals surface area contributed by atoms with Gasteiger partial charge in [0.25, 0.3) is 0 Å². The molecule has 0 bridgehead atoms. The number of fused-ring (bicyclic) bond motifs is 1. The molecule has 0 aliphatic carbocycles. The number of urea groups is 1. The van der Waals surface area contributed by atoms with Gasteiger partial charge >= 0.3 is 6.03 Å². The summed E-state index contributed by atoms with van der Waals surface area (Å²) in [5.74, 6) is 0. The van der Waals surface area contributed by atoms with Crippen LogP contribution in [-0.4, -0.2) is 47.5 Å². The molecule has 4 rings (SSSR count). The average Bonchev–Trinajstić information content (AvgIpc) is 3.12. The maximum absolute atomic E-state index is 13.3. The molecule has 4 heteroatoms. The van der Waals surface area contributed by atoms with Crippen molar-refractivity contribution in [2.24, 2.45) is 0 Å². The summed E-state index contributed by atoms with van der Waals surface area (Å²) in [6.45, 7) is 9.83. The largest absolute Gasteiger partial charge is 0.322 e. The van der Waals surface area contributed by atoms with Crippen LogP contribution in [0, 0.1) is 0 Å². The first kappa shape index (κ1) is 20.9. The van der Waals surface area contributed by atoms with E-state index in [-0.39, 0.29) is 17.5 Å². The first-order chi connectivity index (χ1) is 14.4. The van der Waals surface area contributed by atoms with E-state index in [1.165, 1.54) is 24.0 Å². The summed E-state index contributed by atoms with van der Waals surface area (Å²) < 4.78 is 0. The quantitative estimate of drug-likeness (QED) is 0.752. The number of carbonyl (C=O) groups excluding carboxylic acids is 1. The van der Waals surface area contributed by atoms with Crippen LogP contribution in [0.4, 0.5) is 10.5 Å². The van der Waals surface area contributed by atoms with Crippen LogP contribution in [0.1, 0.15) is 51.2 Å². The average molecular weight is 406 g/mol. The Morgan fingerprint density at radius 3 is 2.37 bits per heavy atom. The van der Waals surface area contributed by atoms with Gasteiger partial charge in [-0.25, -0.2) is 4.79 Å². The first-order valence-corrected chi connectivity index (χ1v) is 11.4. The van der Waals surface area contributed by atoms with Gasteiger partial charge in [-0.1, -0.05) is 63.2 Å². The smallest absolute Gasteiger partial charge is 0.320 e. The molecule has 2 atom stereocenters. The van der Waals surface area contributed by atoms with Gasteiger partial charge in [-0.2, -0.15) is 0 Å². The summed E-state index contributed by atoms with van der Waals surface area (Å²) in [7, 11) is 0.